The fourth-order valence-electron chi connectivity index (χ4n) is 1.26. The average molecular weight is 272 g/mol. The lowest BCUT2D eigenvalue weighted by Gasteiger charge is -2.15. The van der Waals surface area contributed by atoms with Gasteiger partial charge in [-0.15, -0.1) is 0 Å². The van der Waals surface area contributed by atoms with Crippen molar-refractivity contribution in [2.45, 2.75) is 13.0 Å². The van der Waals surface area contributed by atoms with Crippen molar-refractivity contribution in [3.63, 3.8) is 0 Å². The predicted molar refractivity (Wildman–Crippen MR) is 64.3 cm³/mol. The summed E-state index contributed by atoms with van der Waals surface area (Å²) in [6, 6.07) is 4.43. The molecule has 0 radical (unpaired) electrons. The number of nitrogens with one attached hydrogen (secondary N) is 1. The van der Waals surface area contributed by atoms with Crippen molar-refractivity contribution in [3.8, 4) is 11.5 Å². The van der Waals surface area contributed by atoms with E-state index in [1.165, 1.54) is 12.1 Å². The molecule has 3 N–H and O–H groups in total. The van der Waals surface area contributed by atoms with E-state index >= 15 is 0 Å². The Labute approximate surface area is 97.6 Å². The predicted octanol–water partition coefficient (Wildman–Crippen LogP) is 2.66. The molecule has 1 aromatic rings. The quantitative estimate of drug-likeness (QED) is 0.738. The molecule has 0 saturated carbocycles. The van der Waals surface area contributed by atoms with Gasteiger partial charge in [0.15, 0.2) is 0 Å². The van der Waals surface area contributed by atoms with E-state index < -0.39 is 0 Å². The minimum Gasteiger partial charge on any atom is -0.508 e. The van der Waals surface area contributed by atoms with Crippen LogP contribution in [0, 0.1) is 0 Å². The first-order chi connectivity index (χ1) is 7.00. The maximum Gasteiger partial charge on any atom is 0.120 e. The number of benzene rings is 1. The van der Waals surface area contributed by atoms with Crippen molar-refractivity contribution >= 4 is 15.9 Å². The SMILES string of the molecule is C=C(Br)CNC(C)c1cc(O)ccc1O. The summed E-state index contributed by atoms with van der Waals surface area (Å²) >= 11 is 3.24. The lowest BCUT2D eigenvalue weighted by atomic mass is 10.1. The van der Waals surface area contributed by atoms with Crippen molar-refractivity contribution in [1.82, 2.24) is 5.32 Å². The number of hydrogen-bond acceptors (Lipinski definition) is 3. The van der Waals surface area contributed by atoms with Crippen molar-refractivity contribution in [2.24, 2.45) is 0 Å². The molecule has 0 fully saturated rings. The molecule has 0 aliphatic heterocycles. The Morgan fingerprint density at radius 2 is 2.20 bits per heavy atom. The molecule has 4 heteroatoms. The zero-order valence-corrected chi connectivity index (χ0v) is 10.1. The highest BCUT2D eigenvalue weighted by Crippen LogP contribution is 2.27. The zero-order valence-electron chi connectivity index (χ0n) is 8.50. The van der Waals surface area contributed by atoms with Gasteiger partial charge in [-0.2, -0.15) is 0 Å². The maximum absolute atomic E-state index is 9.59. The summed E-state index contributed by atoms with van der Waals surface area (Å²) < 4.78 is 0.842. The van der Waals surface area contributed by atoms with Crippen molar-refractivity contribution in [2.75, 3.05) is 6.54 Å². The van der Waals surface area contributed by atoms with E-state index in [-0.39, 0.29) is 17.5 Å². The van der Waals surface area contributed by atoms with Crippen molar-refractivity contribution in [3.05, 3.63) is 34.8 Å². The lowest BCUT2D eigenvalue weighted by molar-refractivity contribution is 0.443. The second-order valence-corrected chi connectivity index (χ2v) is 4.48. The molecule has 0 aliphatic rings. The van der Waals surface area contributed by atoms with Crippen LogP contribution in [0.25, 0.3) is 0 Å². The molecule has 0 aliphatic carbocycles. The molecule has 0 amide bonds. The third-order valence-corrected chi connectivity index (χ3v) is 2.36. The summed E-state index contributed by atoms with van der Waals surface area (Å²) in [5.41, 5.74) is 0.670. The molecule has 15 heavy (non-hydrogen) atoms. The third-order valence-electron chi connectivity index (χ3n) is 2.08. The smallest absolute Gasteiger partial charge is 0.120 e. The summed E-state index contributed by atoms with van der Waals surface area (Å²) in [6.07, 6.45) is 0. The van der Waals surface area contributed by atoms with E-state index in [2.05, 4.69) is 27.8 Å². The van der Waals surface area contributed by atoms with Crippen LogP contribution in [0.2, 0.25) is 0 Å². The van der Waals surface area contributed by atoms with Crippen LogP contribution < -0.4 is 5.32 Å². The summed E-state index contributed by atoms with van der Waals surface area (Å²) in [6.45, 7) is 6.22. The molecule has 0 spiro atoms. The van der Waals surface area contributed by atoms with Crippen LogP contribution in [0.5, 0.6) is 11.5 Å². The second kappa shape index (κ2) is 5.19. The minimum absolute atomic E-state index is 0.0496. The highest BCUT2D eigenvalue weighted by atomic mass is 79.9. The fourth-order valence-corrected chi connectivity index (χ4v) is 1.42. The normalized spacial score (nSPS) is 12.4. The number of rotatable bonds is 4. The molecule has 3 nitrogen and oxygen atoms in total. The first-order valence-electron chi connectivity index (χ1n) is 4.59. The van der Waals surface area contributed by atoms with E-state index in [0.717, 1.165) is 4.48 Å². The molecule has 1 aromatic carbocycles. The van der Waals surface area contributed by atoms with Gasteiger partial charge in [-0.3, -0.25) is 0 Å². The Hall–Kier alpha value is -1.00. The summed E-state index contributed by atoms with van der Waals surface area (Å²) in [7, 11) is 0. The van der Waals surface area contributed by atoms with Gasteiger partial charge < -0.3 is 15.5 Å². The minimum atomic E-state index is -0.0496. The summed E-state index contributed by atoms with van der Waals surface area (Å²) in [5, 5.41) is 22.0. The molecule has 0 bridgehead atoms. The van der Waals surface area contributed by atoms with Crippen LogP contribution in [0.3, 0.4) is 0 Å². The number of phenolic OH excluding ortho intramolecular Hbond substituents is 2. The molecular weight excluding hydrogens is 258 g/mol. The Morgan fingerprint density at radius 3 is 2.80 bits per heavy atom. The Balaban J connectivity index is 2.76. The number of phenols is 2. The summed E-state index contributed by atoms with van der Waals surface area (Å²) in [4.78, 5) is 0. The van der Waals surface area contributed by atoms with Crippen LogP contribution in [-0.4, -0.2) is 16.8 Å². The van der Waals surface area contributed by atoms with Gasteiger partial charge in [0.1, 0.15) is 11.5 Å². The number of halogens is 1. The van der Waals surface area contributed by atoms with Crippen molar-refractivity contribution in [1.29, 1.82) is 0 Å². The van der Waals surface area contributed by atoms with Gasteiger partial charge in [0, 0.05) is 22.6 Å². The van der Waals surface area contributed by atoms with Gasteiger partial charge in [0.05, 0.1) is 0 Å². The largest absolute Gasteiger partial charge is 0.508 e. The molecule has 82 valence electrons. The Morgan fingerprint density at radius 1 is 1.53 bits per heavy atom. The number of hydrogen-bond donors (Lipinski definition) is 3. The number of aromatic hydroxyl groups is 2. The maximum atomic E-state index is 9.59. The van der Waals surface area contributed by atoms with Gasteiger partial charge in [0.2, 0.25) is 0 Å². The van der Waals surface area contributed by atoms with Crippen molar-refractivity contribution < 1.29 is 10.2 Å². The zero-order chi connectivity index (χ0) is 11.4. The van der Waals surface area contributed by atoms with Crippen LogP contribution >= 0.6 is 15.9 Å². The monoisotopic (exact) mass is 271 g/mol. The molecular formula is C11H14BrNO2. The van der Waals surface area contributed by atoms with Gasteiger partial charge >= 0.3 is 0 Å². The summed E-state index contributed by atoms with van der Waals surface area (Å²) in [5.74, 6) is 0.321. The van der Waals surface area contributed by atoms with E-state index in [9.17, 15) is 10.2 Å². The molecule has 0 saturated heterocycles. The first kappa shape index (κ1) is 12.1. The third kappa shape index (κ3) is 3.57. The van der Waals surface area contributed by atoms with E-state index in [1.807, 2.05) is 6.92 Å². The standard InChI is InChI=1S/C11H14BrNO2/c1-7(12)6-13-8(2)10-5-9(14)3-4-11(10)15/h3-5,8,13-15H,1,6H2,2H3. The highest BCUT2D eigenvalue weighted by molar-refractivity contribution is 9.11. The van der Waals surface area contributed by atoms with Gasteiger partial charge in [-0.25, -0.2) is 0 Å². The molecule has 0 aromatic heterocycles. The molecule has 0 heterocycles. The van der Waals surface area contributed by atoms with E-state index in [1.54, 1.807) is 6.07 Å². The molecule has 1 rings (SSSR count). The second-order valence-electron chi connectivity index (χ2n) is 3.36. The first-order valence-corrected chi connectivity index (χ1v) is 5.38. The van der Waals surface area contributed by atoms with Crippen LogP contribution in [0.4, 0.5) is 0 Å². The Kier molecular flexibility index (Phi) is 4.17. The highest BCUT2D eigenvalue weighted by Gasteiger charge is 2.10. The fraction of sp³-hybridized carbons (Fsp3) is 0.273. The van der Waals surface area contributed by atoms with Gasteiger partial charge in [-0.05, 0) is 25.1 Å². The molecule has 1 atom stereocenters. The Bertz CT molecular complexity index is 366. The van der Waals surface area contributed by atoms with Crippen LogP contribution in [0.15, 0.2) is 29.3 Å². The van der Waals surface area contributed by atoms with E-state index in [4.69, 9.17) is 0 Å². The average Bonchev–Trinajstić information content (AvgIpc) is 2.18. The van der Waals surface area contributed by atoms with Crippen LogP contribution in [0.1, 0.15) is 18.5 Å². The molecule has 1 unspecified atom stereocenters. The van der Waals surface area contributed by atoms with Gasteiger partial charge in [-0.1, -0.05) is 22.5 Å². The van der Waals surface area contributed by atoms with Crippen LogP contribution in [-0.2, 0) is 0 Å². The topological polar surface area (TPSA) is 52.5 Å². The van der Waals surface area contributed by atoms with E-state index in [0.29, 0.717) is 12.1 Å². The lowest BCUT2D eigenvalue weighted by Crippen LogP contribution is -2.19. The van der Waals surface area contributed by atoms with Gasteiger partial charge in [0.25, 0.3) is 0 Å².